The number of ether oxygens (including phenoxy) is 8. The molecule has 8 nitrogen and oxygen atoms in total. The van der Waals surface area contributed by atoms with Crippen molar-refractivity contribution >= 4 is 22.6 Å². The van der Waals surface area contributed by atoms with E-state index in [1.807, 2.05) is 0 Å². The molecule has 0 aliphatic rings. The molecule has 0 saturated heterocycles. The summed E-state index contributed by atoms with van der Waals surface area (Å²) in [6.45, 7) is 8.76. The molecule has 0 aromatic carbocycles. The Morgan fingerprint density at radius 3 is 0.929 bits per heavy atom. The molecule has 0 spiro atoms. The first-order chi connectivity index (χ1) is 13.9. The van der Waals surface area contributed by atoms with Gasteiger partial charge in [-0.3, -0.25) is 0 Å². The van der Waals surface area contributed by atoms with Crippen molar-refractivity contribution in [1.82, 2.24) is 0 Å². The summed E-state index contributed by atoms with van der Waals surface area (Å²) in [5.41, 5.74) is 0. The van der Waals surface area contributed by atoms with Crippen LogP contribution in [0.4, 0.5) is 0 Å². The van der Waals surface area contributed by atoms with Crippen molar-refractivity contribution in [1.29, 1.82) is 0 Å². The molecule has 0 unspecified atom stereocenters. The molecule has 0 fully saturated rings. The van der Waals surface area contributed by atoms with E-state index in [1.54, 1.807) is 0 Å². The van der Waals surface area contributed by atoms with E-state index in [1.165, 1.54) is 0 Å². The molecule has 9 heteroatoms. The maximum absolute atomic E-state index is 5.41. The van der Waals surface area contributed by atoms with Crippen LogP contribution < -0.4 is 0 Å². The molecule has 0 saturated carbocycles. The van der Waals surface area contributed by atoms with Gasteiger partial charge >= 0.3 is 0 Å². The van der Waals surface area contributed by atoms with Gasteiger partial charge in [0.2, 0.25) is 0 Å². The van der Waals surface area contributed by atoms with Crippen LogP contribution in [0.1, 0.15) is 0 Å². The second-order valence-electron chi connectivity index (χ2n) is 5.23. The standard InChI is InChI=1S/C19H35IO8/c1-2-4-21-6-8-23-10-12-25-14-16-27-18-19-28-17-15-26-13-11-24-9-7-22-5-3-20/h1H,3-19H2. The molecule has 0 rings (SSSR count). The minimum Gasteiger partial charge on any atom is -0.378 e. The molecule has 0 aromatic rings. The predicted octanol–water partition coefficient (Wildman–Crippen LogP) is 1.19. The Bertz CT molecular complexity index is 328. The van der Waals surface area contributed by atoms with Crippen molar-refractivity contribution in [2.45, 2.75) is 0 Å². The highest BCUT2D eigenvalue weighted by Crippen LogP contribution is 1.86. The molecule has 0 bridgehead atoms. The van der Waals surface area contributed by atoms with Crippen LogP contribution in [0.15, 0.2) is 0 Å². The summed E-state index contributed by atoms with van der Waals surface area (Å²) in [5, 5.41) is 0. The summed E-state index contributed by atoms with van der Waals surface area (Å²) in [5.74, 6) is 2.39. The molecule has 0 heterocycles. The highest BCUT2D eigenvalue weighted by atomic mass is 127. The van der Waals surface area contributed by atoms with Gasteiger partial charge < -0.3 is 37.9 Å². The second kappa shape index (κ2) is 27.0. The molecule has 0 aliphatic carbocycles. The van der Waals surface area contributed by atoms with Crippen LogP contribution >= 0.6 is 22.6 Å². The number of terminal acetylenes is 1. The first-order valence-electron chi connectivity index (χ1n) is 9.53. The minimum absolute atomic E-state index is 0.318. The number of hydrogen-bond acceptors (Lipinski definition) is 8. The molecule has 0 aliphatic heterocycles. The SMILES string of the molecule is C#CCOCCOCCOCCOCCOCCOCCOCCOCCI. The van der Waals surface area contributed by atoms with Gasteiger partial charge in [0.15, 0.2) is 0 Å². The smallest absolute Gasteiger partial charge is 0.107 e. The number of rotatable bonds is 24. The van der Waals surface area contributed by atoms with E-state index in [-0.39, 0.29) is 0 Å². The molecule has 0 radical (unpaired) electrons. The third kappa shape index (κ3) is 26.0. The van der Waals surface area contributed by atoms with E-state index in [0.717, 1.165) is 11.0 Å². The molecular weight excluding hydrogens is 483 g/mol. The van der Waals surface area contributed by atoms with Crippen LogP contribution in [0.5, 0.6) is 0 Å². The topological polar surface area (TPSA) is 73.8 Å². The monoisotopic (exact) mass is 518 g/mol. The number of halogens is 1. The van der Waals surface area contributed by atoms with Gasteiger partial charge in [-0.05, 0) is 0 Å². The number of alkyl halides is 1. The first kappa shape index (κ1) is 28.0. The van der Waals surface area contributed by atoms with Crippen molar-refractivity contribution in [3.05, 3.63) is 0 Å². The largest absolute Gasteiger partial charge is 0.378 e. The lowest BCUT2D eigenvalue weighted by Gasteiger charge is -2.08. The molecule has 166 valence electrons. The fourth-order valence-corrected chi connectivity index (χ4v) is 2.04. The van der Waals surface area contributed by atoms with Crippen molar-refractivity contribution < 1.29 is 37.9 Å². The van der Waals surface area contributed by atoms with E-state index in [9.17, 15) is 0 Å². The average Bonchev–Trinajstić information content (AvgIpc) is 2.71. The highest BCUT2D eigenvalue weighted by molar-refractivity contribution is 14.1. The van der Waals surface area contributed by atoms with Crippen LogP contribution in [-0.2, 0) is 37.9 Å². The number of hydrogen-bond donors (Lipinski definition) is 0. The fourth-order valence-electron chi connectivity index (χ4n) is 1.73. The van der Waals surface area contributed by atoms with Crippen molar-refractivity contribution in [2.75, 3.05) is 110 Å². The second-order valence-corrected chi connectivity index (χ2v) is 6.31. The maximum atomic E-state index is 5.41. The predicted molar refractivity (Wildman–Crippen MR) is 114 cm³/mol. The molecule has 0 N–H and O–H groups in total. The molecule has 28 heavy (non-hydrogen) atoms. The Morgan fingerprint density at radius 2 is 0.679 bits per heavy atom. The van der Waals surface area contributed by atoms with Gasteiger partial charge in [-0.25, -0.2) is 0 Å². The summed E-state index contributed by atoms with van der Waals surface area (Å²) >= 11 is 2.28. The normalized spacial score (nSPS) is 11.0. The lowest BCUT2D eigenvalue weighted by molar-refractivity contribution is -0.0221. The van der Waals surface area contributed by atoms with Crippen LogP contribution in [0.25, 0.3) is 0 Å². The summed E-state index contributed by atoms with van der Waals surface area (Å²) < 4.78 is 43.6. The van der Waals surface area contributed by atoms with Crippen molar-refractivity contribution in [3.63, 3.8) is 0 Å². The Hall–Kier alpha value is -0.0300. The molecule has 0 atom stereocenters. The minimum atomic E-state index is 0.318. The van der Waals surface area contributed by atoms with Crippen molar-refractivity contribution in [3.8, 4) is 12.3 Å². The van der Waals surface area contributed by atoms with Crippen LogP contribution in [0.3, 0.4) is 0 Å². The Morgan fingerprint density at radius 1 is 0.429 bits per heavy atom. The lowest BCUT2D eigenvalue weighted by Crippen LogP contribution is -2.15. The van der Waals surface area contributed by atoms with Gasteiger partial charge in [0.1, 0.15) is 6.61 Å². The van der Waals surface area contributed by atoms with E-state index in [0.29, 0.717) is 99.1 Å². The Kier molecular flexibility index (Phi) is 26.9. The lowest BCUT2D eigenvalue weighted by atomic mass is 10.6. The van der Waals surface area contributed by atoms with Gasteiger partial charge in [-0.1, -0.05) is 28.5 Å². The van der Waals surface area contributed by atoms with E-state index >= 15 is 0 Å². The third-order valence-electron chi connectivity index (χ3n) is 3.01. The fraction of sp³-hybridized carbons (Fsp3) is 0.895. The molecular formula is C19H35IO8. The average molecular weight is 518 g/mol. The van der Waals surface area contributed by atoms with Crippen LogP contribution in [0.2, 0.25) is 0 Å². The van der Waals surface area contributed by atoms with Gasteiger partial charge in [0.05, 0.1) is 99.1 Å². The van der Waals surface area contributed by atoms with Crippen molar-refractivity contribution in [2.24, 2.45) is 0 Å². The summed E-state index contributed by atoms with van der Waals surface area (Å²) in [6, 6.07) is 0. The molecule has 0 aromatic heterocycles. The van der Waals surface area contributed by atoms with Crippen LogP contribution in [-0.4, -0.2) is 110 Å². The first-order valence-corrected chi connectivity index (χ1v) is 11.1. The quantitative estimate of drug-likeness (QED) is 0.0817. The summed E-state index contributed by atoms with van der Waals surface area (Å²) in [7, 11) is 0. The zero-order valence-corrected chi connectivity index (χ0v) is 18.9. The maximum Gasteiger partial charge on any atom is 0.107 e. The summed E-state index contributed by atoms with van der Waals surface area (Å²) in [6.07, 6.45) is 5.06. The zero-order valence-electron chi connectivity index (χ0n) is 16.7. The summed E-state index contributed by atoms with van der Waals surface area (Å²) in [4.78, 5) is 0. The van der Waals surface area contributed by atoms with Gasteiger partial charge in [0.25, 0.3) is 0 Å². The van der Waals surface area contributed by atoms with Gasteiger partial charge in [0, 0.05) is 4.43 Å². The van der Waals surface area contributed by atoms with E-state index < -0.39 is 0 Å². The third-order valence-corrected chi connectivity index (χ3v) is 3.45. The van der Waals surface area contributed by atoms with E-state index in [2.05, 4.69) is 28.5 Å². The zero-order chi connectivity index (χ0) is 20.4. The Balaban J connectivity index is 2.97. The van der Waals surface area contributed by atoms with Crippen LogP contribution in [0, 0.1) is 12.3 Å². The van der Waals surface area contributed by atoms with Gasteiger partial charge in [-0.15, -0.1) is 6.42 Å². The molecule has 0 amide bonds. The highest BCUT2D eigenvalue weighted by Gasteiger charge is 1.94. The van der Waals surface area contributed by atoms with E-state index in [4.69, 9.17) is 44.3 Å². The Labute approximate surface area is 182 Å². The van der Waals surface area contributed by atoms with Gasteiger partial charge in [-0.2, -0.15) is 0 Å².